The third kappa shape index (κ3) is 3.01. The van der Waals surface area contributed by atoms with Crippen LogP contribution in [-0.2, 0) is 9.47 Å². The maximum atomic E-state index is 13.8. The summed E-state index contributed by atoms with van der Waals surface area (Å²) in [6.45, 7) is 0.882. The third-order valence-corrected chi connectivity index (χ3v) is 3.24. The lowest BCUT2D eigenvalue weighted by Crippen LogP contribution is -2.65. The molecule has 2 unspecified atom stereocenters. The van der Waals surface area contributed by atoms with E-state index < -0.39 is 42.6 Å². The molecule has 1 heterocycles. The summed E-state index contributed by atoms with van der Waals surface area (Å²) >= 11 is 0. The molecule has 1 aliphatic rings. The lowest BCUT2D eigenvalue weighted by atomic mass is 9.86. The standard InChI is InChI=1S/C11H13F9O2/c1-2-21-7-6(4-3-5-22-7)8(12,13)9(14,15)10(16,17)11(18,19)20/h6-7H,2-5H2,1H3. The van der Waals surface area contributed by atoms with Crippen LogP contribution in [0, 0.1) is 5.92 Å². The first-order valence-electron chi connectivity index (χ1n) is 6.24. The molecule has 1 rings (SSSR count). The Morgan fingerprint density at radius 1 is 0.955 bits per heavy atom. The predicted molar refractivity (Wildman–Crippen MR) is 55.0 cm³/mol. The zero-order chi connectivity index (χ0) is 17.4. The van der Waals surface area contributed by atoms with Crippen LogP contribution in [0.25, 0.3) is 0 Å². The number of hydrogen-bond donors (Lipinski definition) is 0. The maximum absolute atomic E-state index is 13.8. The maximum Gasteiger partial charge on any atom is 0.460 e. The van der Waals surface area contributed by atoms with Gasteiger partial charge in [0, 0.05) is 13.2 Å². The largest absolute Gasteiger partial charge is 0.460 e. The molecular weight excluding hydrogens is 335 g/mol. The van der Waals surface area contributed by atoms with Gasteiger partial charge in [-0.15, -0.1) is 0 Å². The highest BCUT2D eigenvalue weighted by Crippen LogP contribution is 2.56. The van der Waals surface area contributed by atoms with Gasteiger partial charge in [0.2, 0.25) is 0 Å². The van der Waals surface area contributed by atoms with Crippen molar-refractivity contribution in [3.8, 4) is 0 Å². The zero-order valence-electron chi connectivity index (χ0n) is 11.2. The first kappa shape index (κ1) is 19.3. The lowest BCUT2D eigenvalue weighted by Gasteiger charge is -2.41. The Bertz CT molecular complexity index is 378. The molecule has 2 nitrogen and oxygen atoms in total. The van der Waals surface area contributed by atoms with Gasteiger partial charge in [-0.1, -0.05) is 0 Å². The van der Waals surface area contributed by atoms with Crippen LogP contribution in [0.4, 0.5) is 39.5 Å². The summed E-state index contributed by atoms with van der Waals surface area (Å²) in [6.07, 6.45) is -9.74. The van der Waals surface area contributed by atoms with E-state index >= 15 is 0 Å². The van der Waals surface area contributed by atoms with Crippen molar-refractivity contribution >= 4 is 0 Å². The minimum atomic E-state index is -6.89. The van der Waals surface area contributed by atoms with Crippen molar-refractivity contribution in [2.24, 2.45) is 5.92 Å². The van der Waals surface area contributed by atoms with Gasteiger partial charge in [-0.25, -0.2) is 0 Å². The fraction of sp³-hybridized carbons (Fsp3) is 1.00. The quantitative estimate of drug-likeness (QED) is 0.692. The highest BCUT2D eigenvalue weighted by Gasteiger charge is 2.83. The molecular formula is C11H13F9O2. The molecule has 0 radical (unpaired) electrons. The molecule has 0 N–H and O–H groups in total. The van der Waals surface area contributed by atoms with Crippen LogP contribution in [0.2, 0.25) is 0 Å². The summed E-state index contributed by atoms with van der Waals surface area (Å²) in [5, 5.41) is 0. The van der Waals surface area contributed by atoms with Crippen LogP contribution in [0.15, 0.2) is 0 Å². The van der Waals surface area contributed by atoms with Crippen molar-refractivity contribution < 1.29 is 49.0 Å². The molecule has 0 saturated carbocycles. The van der Waals surface area contributed by atoms with Crippen molar-refractivity contribution in [3.63, 3.8) is 0 Å². The molecule has 22 heavy (non-hydrogen) atoms. The van der Waals surface area contributed by atoms with E-state index in [4.69, 9.17) is 0 Å². The molecule has 0 spiro atoms. The monoisotopic (exact) mass is 348 g/mol. The van der Waals surface area contributed by atoms with Crippen molar-refractivity contribution in [2.45, 2.75) is 50.0 Å². The normalized spacial score (nSPS) is 25.4. The van der Waals surface area contributed by atoms with Crippen molar-refractivity contribution in [3.05, 3.63) is 0 Å². The van der Waals surface area contributed by atoms with E-state index in [0.29, 0.717) is 0 Å². The molecule has 0 bridgehead atoms. The SMILES string of the molecule is CCOC1OCCCC1C(F)(F)C(F)(F)C(F)(F)C(F)(F)F. The van der Waals surface area contributed by atoms with Gasteiger partial charge in [-0.3, -0.25) is 0 Å². The number of alkyl halides is 9. The van der Waals surface area contributed by atoms with Crippen molar-refractivity contribution in [1.29, 1.82) is 0 Å². The summed E-state index contributed by atoms with van der Waals surface area (Å²) in [5.74, 6) is -21.8. The van der Waals surface area contributed by atoms with E-state index in [1.54, 1.807) is 0 Å². The van der Waals surface area contributed by atoms with Crippen LogP contribution in [0.5, 0.6) is 0 Å². The third-order valence-electron chi connectivity index (χ3n) is 3.24. The zero-order valence-corrected chi connectivity index (χ0v) is 11.2. The van der Waals surface area contributed by atoms with Gasteiger partial charge in [0.05, 0.1) is 5.92 Å². The smallest absolute Gasteiger partial charge is 0.352 e. The molecule has 0 aromatic carbocycles. The van der Waals surface area contributed by atoms with Gasteiger partial charge >= 0.3 is 23.9 Å². The fourth-order valence-corrected chi connectivity index (χ4v) is 2.06. The number of rotatable bonds is 5. The average Bonchev–Trinajstić information content (AvgIpc) is 2.37. The van der Waals surface area contributed by atoms with Gasteiger partial charge in [-0.2, -0.15) is 39.5 Å². The van der Waals surface area contributed by atoms with E-state index in [9.17, 15) is 39.5 Å². The van der Waals surface area contributed by atoms with Crippen molar-refractivity contribution in [2.75, 3.05) is 13.2 Å². The first-order valence-corrected chi connectivity index (χ1v) is 6.24. The molecule has 0 aliphatic carbocycles. The van der Waals surface area contributed by atoms with E-state index in [1.807, 2.05) is 0 Å². The average molecular weight is 348 g/mol. The number of halogens is 9. The summed E-state index contributed by atoms with van der Waals surface area (Å²) < 4.78 is 125. The minimum Gasteiger partial charge on any atom is -0.352 e. The van der Waals surface area contributed by atoms with E-state index in [0.717, 1.165) is 0 Å². The molecule has 1 fully saturated rings. The second-order valence-corrected chi connectivity index (χ2v) is 4.71. The van der Waals surface area contributed by atoms with Gasteiger partial charge in [0.1, 0.15) is 0 Å². The highest BCUT2D eigenvalue weighted by molar-refractivity contribution is 5.04. The minimum absolute atomic E-state index is 0.154. The Balaban J connectivity index is 3.19. The second kappa shape index (κ2) is 6.06. The highest BCUT2D eigenvalue weighted by atomic mass is 19.4. The summed E-state index contributed by atoms with van der Waals surface area (Å²) in [6, 6.07) is 0. The number of hydrogen-bond acceptors (Lipinski definition) is 2. The van der Waals surface area contributed by atoms with Gasteiger partial charge in [0.25, 0.3) is 0 Å². The second-order valence-electron chi connectivity index (χ2n) is 4.71. The molecule has 1 saturated heterocycles. The Morgan fingerprint density at radius 2 is 1.50 bits per heavy atom. The van der Waals surface area contributed by atoms with E-state index in [2.05, 4.69) is 9.47 Å². The predicted octanol–water partition coefficient (Wildman–Crippen LogP) is 4.24. The van der Waals surface area contributed by atoms with Gasteiger partial charge < -0.3 is 9.47 Å². The fourth-order valence-electron chi connectivity index (χ4n) is 2.06. The Labute approximate surface area is 119 Å². The number of ether oxygens (including phenoxy) is 2. The van der Waals surface area contributed by atoms with Crippen LogP contribution in [0.3, 0.4) is 0 Å². The van der Waals surface area contributed by atoms with Gasteiger partial charge in [-0.05, 0) is 19.8 Å². The summed E-state index contributed by atoms with van der Waals surface area (Å²) in [4.78, 5) is 0. The molecule has 0 aromatic heterocycles. The van der Waals surface area contributed by atoms with Crippen LogP contribution in [-0.4, -0.2) is 43.4 Å². The van der Waals surface area contributed by atoms with Gasteiger partial charge in [0.15, 0.2) is 6.29 Å². The molecule has 0 aromatic rings. The summed E-state index contributed by atoms with van der Waals surface area (Å²) in [7, 11) is 0. The van der Waals surface area contributed by atoms with E-state index in [1.165, 1.54) is 6.92 Å². The van der Waals surface area contributed by atoms with E-state index in [-0.39, 0.29) is 19.6 Å². The molecule has 2 atom stereocenters. The van der Waals surface area contributed by atoms with Crippen LogP contribution < -0.4 is 0 Å². The molecule has 11 heteroatoms. The summed E-state index contributed by atoms with van der Waals surface area (Å²) in [5.41, 5.74) is 0. The molecule has 0 amide bonds. The first-order chi connectivity index (χ1) is 9.80. The molecule has 1 aliphatic heterocycles. The Kier molecular flexibility index (Phi) is 5.33. The Morgan fingerprint density at radius 3 is 1.95 bits per heavy atom. The van der Waals surface area contributed by atoms with Crippen molar-refractivity contribution in [1.82, 2.24) is 0 Å². The van der Waals surface area contributed by atoms with Crippen LogP contribution >= 0.6 is 0 Å². The molecule has 132 valence electrons. The lowest BCUT2D eigenvalue weighted by molar-refractivity contribution is -0.413. The topological polar surface area (TPSA) is 18.5 Å². The van der Waals surface area contributed by atoms with Crippen LogP contribution in [0.1, 0.15) is 19.8 Å². The Hall–Kier alpha value is -0.710.